The third-order valence-corrected chi connectivity index (χ3v) is 3.22. The van der Waals surface area contributed by atoms with Crippen LogP contribution in [-0.2, 0) is 0 Å². The predicted molar refractivity (Wildman–Crippen MR) is 67.2 cm³/mol. The average Bonchev–Trinajstić information content (AvgIpc) is 2.28. The summed E-state index contributed by atoms with van der Waals surface area (Å²) in [4.78, 5) is 0. The van der Waals surface area contributed by atoms with Gasteiger partial charge in [0, 0.05) is 11.8 Å². The number of hydrogen-bond donors (Lipinski definition) is 1. The predicted octanol–water partition coefficient (Wildman–Crippen LogP) is 3.25. The molecule has 16 heavy (non-hydrogen) atoms. The summed E-state index contributed by atoms with van der Waals surface area (Å²) < 4.78 is 12.9. The topological polar surface area (TPSA) is 35.8 Å². The molecule has 0 amide bonds. The normalized spacial score (nSPS) is 11.9. The lowest BCUT2D eigenvalue weighted by Gasteiger charge is -2.15. The second-order valence-electron chi connectivity index (χ2n) is 3.51. The Morgan fingerprint density at radius 3 is 2.94 bits per heavy atom. The smallest absolute Gasteiger partial charge is 0.124 e. The van der Waals surface area contributed by atoms with E-state index in [1.54, 1.807) is 6.07 Å². The van der Waals surface area contributed by atoms with Crippen LogP contribution in [0.5, 0.6) is 0 Å². The summed E-state index contributed by atoms with van der Waals surface area (Å²) in [5, 5.41) is 12.1. The van der Waals surface area contributed by atoms with Gasteiger partial charge in [0.15, 0.2) is 0 Å². The number of hydrogen-bond acceptors (Lipinski definition) is 3. The molecule has 1 unspecified atom stereocenters. The van der Waals surface area contributed by atoms with Crippen molar-refractivity contribution in [2.24, 2.45) is 0 Å². The molecule has 1 aromatic carbocycles. The van der Waals surface area contributed by atoms with Crippen molar-refractivity contribution >= 4 is 17.4 Å². The minimum Gasteiger partial charge on any atom is -0.381 e. The molecule has 86 valence electrons. The van der Waals surface area contributed by atoms with Crippen LogP contribution in [-0.4, -0.2) is 17.5 Å². The maximum absolute atomic E-state index is 12.9. The van der Waals surface area contributed by atoms with Crippen LogP contribution in [0.1, 0.15) is 19.4 Å². The first-order chi connectivity index (χ1) is 7.67. The summed E-state index contributed by atoms with van der Waals surface area (Å²) in [7, 11) is 0. The molecule has 0 heterocycles. The molecule has 4 heteroatoms. The number of nitrogens with zero attached hydrogens (tertiary/aromatic N) is 1. The van der Waals surface area contributed by atoms with E-state index in [4.69, 9.17) is 5.26 Å². The highest BCUT2D eigenvalue weighted by atomic mass is 32.2. The van der Waals surface area contributed by atoms with Gasteiger partial charge in [-0.2, -0.15) is 17.0 Å². The van der Waals surface area contributed by atoms with Gasteiger partial charge in [0.25, 0.3) is 0 Å². The molecule has 1 atom stereocenters. The van der Waals surface area contributed by atoms with E-state index in [2.05, 4.69) is 12.2 Å². The van der Waals surface area contributed by atoms with Gasteiger partial charge in [-0.25, -0.2) is 4.39 Å². The Balaban J connectivity index is 2.70. The van der Waals surface area contributed by atoms with Gasteiger partial charge in [-0.05, 0) is 30.9 Å². The van der Waals surface area contributed by atoms with E-state index in [0.717, 1.165) is 11.5 Å². The van der Waals surface area contributed by atoms with E-state index in [1.807, 2.05) is 24.8 Å². The zero-order valence-electron chi connectivity index (χ0n) is 9.46. The number of rotatable bonds is 5. The zero-order valence-corrected chi connectivity index (χ0v) is 10.3. The highest BCUT2D eigenvalue weighted by Gasteiger charge is 2.07. The molecule has 0 fully saturated rings. The van der Waals surface area contributed by atoms with E-state index >= 15 is 0 Å². The van der Waals surface area contributed by atoms with Crippen molar-refractivity contribution in [1.29, 1.82) is 5.26 Å². The number of halogens is 1. The van der Waals surface area contributed by atoms with Crippen LogP contribution < -0.4 is 5.32 Å². The summed E-state index contributed by atoms with van der Waals surface area (Å²) in [5.74, 6) is 1.66. The lowest BCUT2D eigenvalue weighted by molar-refractivity contribution is 0.627. The molecule has 0 aromatic heterocycles. The molecular formula is C12H15FN2S. The molecular weight excluding hydrogens is 223 g/mol. The first kappa shape index (κ1) is 12.9. The van der Waals surface area contributed by atoms with Crippen LogP contribution in [0.25, 0.3) is 0 Å². The Labute approximate surface area is 99.9 Å². The Kier molecular flexibility index (Phi) is 5.13. The molecule has 0 aliphatic heterocycles. The Hall–Kier alpha value is -1.21. The Morgan fingerprint density at radius 1 is 1.56 bits per heavy atom. The SMILES string of the molecule is CCSCC(C)Nc1ccc(F)cc1C#N. The van der Waals surface area contributed by atoms with E-state index < -0.39 is 0 Å². The lowest BCUT2D eigenvalue weighted by Crippen LogP contribution is -2.18. The third kappa shape index (κ3) is 3.74. The summed E-state index contributed by atoms with van der Waals surface area (Å²) >= 11 is 1.83. The van der Waals surface area contributed by atoms with Gasteiger partial charge in [-0.15, -0.1) is 0 Å². The van der Waals surface area contributed by atoms with Crippen molar-refractivity contribution in [3.05, 3.63) is 29.6 Å². The van der Waals surface area contributed by atoms with Crippen molar-refractivity contribution in [1.82, 2.24) is 0 Å². The first-order valence-corrected chi connectivity index (χ1v) is 6.36. The monoisotopic (exact) mass is 238 g/mol. The molecule has 1 aromatic rings. The molecule has 0 radical (unpaired) electrons. The zero-order chi connectivity index (χ0) is 12.0. The van der Waals surface area contributed by atoms with Gasteiger partial charge >= 0.3 is 0 Å². The lowest BCUT2D eigenvalue weighted by atomic mass is 10.2. The third-order valence-electron chi connectivity index (χ3n) is 2.08. The number of anilines is 1. The molecule has 2 nitrogen and oxygen atoms in total. The average molecular weight is 238 g/mol. The minimum atomic E-state index is -0.377. The molecule has 0 saturated heterocycles. The fraction of sp³-hybridized carbons (Fsp3) is 0.417. The highest BCUT2D eigenvalue weighted by Crippen LogP contribution is 2.17. The van der Waals surface area contributed by atoms with Crippen molar-refractivity contribution in [2.75, 3.05) is 16.8 Å². The van der Waals surface area contributed by atoms with Crippen molar-refractivity contribution < 1.29 is 4.39 Å². The second-order valence-corrected chi connectivity index (χ2v) is 4.83. The summed E-state index contributed by atoms with van der Waals surface area (Å²) in [6.45, 7) is 4.16. The van der Waals surface area contributed by atoms with E-state index in [0.29, 0.717) is 11.3 Å². The van der Waals surface area contributed by atoms with Crippen molar-refractivity contribution in [2.45, 2.75) is 19.9 Å². The van der Waals surface area contributed by atoms with E-state index in [-0.39, 0.29) is 11.9 Å². The Morgan fingerprint density at radius 2 is 2.31 bits per heavy atom. The van der Waals surface area contributed by atoms with Crippen LogP contribution in [0.2, 0.25) is 0 Å². The molecule has 0 saturated carbocycles. The van der Waals surface area contributed by atoms with Crippen molar-refractivity contribution in [3.63, 3.8) is 0 Å². The van der Waals surface area contributed by atoms with Crippen LogP contribution in [0.15, 0.2) is 18.2 Å². The number of nitrogens with one attached hydrogen (secondary N) is 1. The molecule has 0 aliphatic carbocycles. The Bertz CT molecular complexity index is 387. The summed E-state index contributed by atoms with van der Waals surface area (Å²) in [6, 6.07) is 6.48. The molecule has 1 N–H and O–H groups in total. The first-order valence-electron chi connectivity index (χ1n) is 5.21. The van der Waals surface area contributed by atoms with E-state index in [1.165, 1.54) is 12.1 Å². The number of benzene rings is 1. The summed E-state index contributed by atoms with van der Waals surface area (Å²) in [6.07, 6.45) is 0. The largest absolute Gasteiger partial charge is 0.381 e. The highest BCUT2D eigenvalue weighted by molar-refractivity contribution is 7.99. The molecule has 0 bridgehead atoms. The van der Waals surface area contributed by atoms with Crippen LogP contribution in [0, 0.1) is 17.1 Å². The van der Waals surface area contributed by atoms with Gasteiger partial charge in [0.2, 0.25) is 0 Å². The van der Waals surface area contributed by atoms with Gasteiger partial charge in [-0.1, -0.05) is 6.92 Å². The van der Waals surface area contributed by atoms with Crippen LogP contribution in [0.3, 0.4) is 0 Å². The fourth-order valence-electron chi connectivity index (χ4n) is 1.34. The van der Waals surface area contributed by atoms with Crippen molar-refractivity contribution in [3.8, 4) is 6.07 Å². The molecule has 1 rings (SSSR count). The maximum Gasteiger partial charge on any atom is 0.124 e. The van der Waals surface area contributed by atoms with Gasteiger partial charge in [0.05, 0.1) is 11.3 Å². The van der Waals surface area contributed by atoms with Gasteiger partial charge in [0.1, 0.15) is 11.9 Å². The van der Waals surface area contributed by atoms with Crippen LogP contribution in [0.4, 0.5) is 10.1 Å². The minimum absolute atomic E-state index is 0.266. The number of nitriles is 1. The number of thioether (sulfide) groups is 1. The fourth-order valence-corrected chi connectivity index (χ4v) is 2.01. The summed E-state index contributed by atoms with van der Waals surface area (Å²) in [5.41, 5.74) is 1.06. The maximum atomic E-state index is 12.9. The van der Waals surface area contributed by atoms with Gasteiger partial charge in [-0.3, -0.25) is 0 Å². The molecule has 0 spiro atoms. The quantitative estimate of drug-likeness (QED) is 0.855. The second kappa shape index (κ2) is 6.39. The standard InChI is InChI=1S/C12H15FN2S/c1-3-16-8-9(2)15-12-5-4-11(13)6-10(12)7-14/h4-6,9,15H,3,8H2,1-2H3. The molecule has 0 aliphatic rings. The van der Waals surface area contributed by atoms with Crippen LogP contribution >= 0.6 is 11.8 Å². The van der Waals surface area contributed by atoms with Gasteiger partial charge < -0.3 is 5.32 Å². The van der Waals surface area contributed by atoms with E-state index in [9.17, 15) is 4.39 Å².